The number of oxazole rings is 1. The number of benzene rings is 1. The van der Waals surface area contributed by atoms with Crippen LogP contribution in [0.15, 0.2) is 71.9 Å². The first-order valence-corrected chi connectivity index (χ1v) is 11.8. The Kier molecular flexibility index (Phi) is 8.44. The van der Waals surface area contributed by atoms with Crippen molar-refractivity contribution in [1.82, 2.24) is 29.6 Å². The zero-order valence-corrected chi connectivity index (χ0v) is 21.3. The Hall–Kier alpha value is -5.00. The standard InChI is InChI=1S/C26H28N8O4/c1-18-4-6-22(7-5-18)37-11-10-33(3)24(36)17-34-16-21(15-31-34)32-23(35)8-9-27-26-29-13-20(14-30-26)25-28-12-19(2)38-25/h4-9,12-16H,10-11,17H2,1-3H3,(H,32,35)(H,27,29,30). The molecule has 4 rings (SSSR count). The van der Waals surface area contributed by atoms with Crippen LogP contribution in [0.1, 0.15) is 11.3 Å². The number of nitrogens with one attached hydrogen (secondary N) is 2. The molecule has 12 nitrogen and oxygen atoms in total. The van der Waals surface area contributed by atoms with Gasteiger partial charge in [-0.05, 0) is 26.0 Å². The molecule has 0 bridgehead atoms. The van der Waals surface area contributed by atoms with Crippen LogP contribution in [-0.2, 0) is 16.1 Å². The molecular formula is C26H28N8O4. The summed E-state index contributed by atoms with van der Waals surface area (Å²) in [6.07, 6.45) is 10.5. The van der Waals surface area contributed by atoms with E-state index in [2.05, 4.69) is 30.7 Å². The van der Waals surface area contributed by atoms with E-state index in [1.165, 1.54) is 23.2 Å². The van der Waals surface area contributed by atoms with Crippen molar-refractivity contribution >= 4 is 23.5 Å². The van der Waals surface area contributed by atoms with Crippen LogP contribution in [0.2, 0.25) is 0 Å². The van der Waals surface area contributed by atoms with Gasteiger partial charge in [0.2, 0.25) is 23.7 Å². The monoisotopic (exact) mass is 516 g/mol. The summed E-state index contributed by atoms with van der Waals surface area (Å²) in [5.74, 6) is 1.68. The summed E-state index contributed by atoms with van der Waals surface area (Å²) in [6, 6.07) is 7.74. The maximum atomic E-state index is 12.5. The van der Waals surface area contributed by atoms with Crippen molar-refractivity contribution in [2.24, 2.45) is 0 Å². The van der Waals surface area contributed by atoms with E-state index in [4.69, 9.17) is 9.15 Å². The van der Waals surface area contributed by atoms with Gasteiger partial charge in [0.1, 0.15) is 24.7 Å². The van der Waals surface area contributed by atoms with E-state index < -0.39 is 0 Å². The molecule has 0 saturated carbocycles. The van der Waals surface area contributed by atoms with E-state index in [-0.39, 0.29) is 18.4 Å². The van der Waals surface area contributed by atoms with Crippen LogP contribution in [0.25, 0.3) is 11.5 Å². The number of ether oxygens (including phenoxy) is 1. The molecule has 4 aromatic rings. The van der Waals surface area contributed by atoms with Crippen molar-refractivity contribution in [3.05, 3.63) is 78.8 Å². The number of aryl methyl sites for hydroxylation is 2. The highest BCUT2D eigenvalue weighted by atomic mass is 16.5. The van der Waals surface area contributed by atoms with E-state index in [9.17, 15) is 9.59 Å². The van der Waals surface area contributed by atoms with Gasteiger partial charge in [0.05, 0.1) is 30.2 Å². The molecule has 196 valence electrons. The van der Waals surface area contributed by atoms with Crippen molar-refractivity contribution < 1.29 is 18.7 Å². The number of hydrogen-bond acceptors (Lipinski definition) is 9. The summed E-state index contributed by atoms with van der Waals surface area (Å²) >= 11 is 0. The molecule has 0 unspecified atom stereocenters. The number of nitrogens with zero attached hydrogens (tertiary/aromatic N) is 6. The molecule has 3 aromatic heterocycles. The fraction of sp³-hybridized carbons (Fsp3) is 0.231. The zero-order valence-electron chi connectivity index (χ0n) is 21.3. The lowest BCUT2D eigenvalue weighted by atomic mass is 10.2. The van der Waals surface area contributed by atoms with Crippen LogP contribution in [-0.4, -0.2) is 61.6 Å². The van der Waals surface area contributed by atoms with E-state index >= 15 is 0 Å². The third-order valence-electron chi connectivity index (χ3n) is 5.31. The summed E-state index contributed by atoms with van der Waals surface area (Å²) in [7, 11) is 1.71. The van der Waals surface area contributed by atoms with E-state index in [1.807, 2.05) is 31.2 Å². The summed E-state index contributed by atoms with van der Waals surface area (Å²) in [5.41, 5.74) is 2.25. The zero-order chi connectivity index (χ0) is 26.9. The third-order valence-corrected chi connectivity index (χ3v) is 5.31. The number of hydrogen-bond donors (Lipinski definition) is 2. The third kappa shape index (κ3) is 7.50. The molecule has 0 spiro atoms. The number of amides is 2. The van der Waals surface area contributed by atoms with Gasteiger partial charge in [-0.25, -0.2) is 15.0 Å². The SMILES string of the molecule is Cc1ccc(OCCN(C)C(=O)Cn2cc(NC(=O)C=CNc3ncc(-c4ncc(C)o4)cn3)cn2)cc1. The summed E-state index contributed by atoms with van der Waals surface area (Å²) in [6.45, 7) is 4.66. The van der Waals surface area contributed by atoms with Gasteiger partial charge in [-0.3, -0.25) is 14.3 Å². The normalized spacial score (nSPS) is 10.9. The van der Waals surface area contributed by atoms with E-state index in [1.54, 1.807) is 43.7 Å². The second kappa shape index (κ2) is 12.3. The second-order valence-corrected chi connectivity index (χ2v) is 8.44. The van der Waals surface area contributed by atoms with Crippen molar-refractivity contribution in [3.63, 3.8) is 0 Å². The van der Waals surface area contributed by atoms with E-state index in [0.29, 0.717) is 42.0 Å². The van der Waals surface area contributed by atoms with Crippen LogP contribution in [0.5, 0.6) is 5.75 Å². The number of anilines is 2. The van der Waals surface area contributed by atoms with Gasteiger partial charge in [0, 0.05) is 37.9 Å². The van der Waals surface area contributed by atoms with Gasteiger partial charge in [-0.1, -0.05) is 17.7 Å². The maximum absolute atomic E-state index is 12.5. The molecule has 0 fully saturated rings. The molecule has 0 aliphatic carbocycles. The molecule has 0 saturated heterocycles. The highest BCUT2D eigenvalue weighted by molar-refractivity contribution is 5.99. The van der Waals surface area contributed by atoms with Gasteiger partial charge in [0.15, 0.2) is 0 Å². The predicted molar refractivity (Wildman–Crippen MR) is 140 cm³/mol. The highest BCUT2D eigenvalue weighted by Crippen LogP contribution is 2.17. The topological polar surface area (TPSA) is 140 Å². The van der Waals surface area contributed by atoms with Gasteiger partial charge in [-0.2, -0.15) is 5.10 Å². The van der Waals surface area contributed by atoms with Crippen molar-refractivity contribution in [2.45, 2.75) is 20.4 Å². The molecule has 3 heterocycles. The van der Waals surface area contributed by atoms with Gasteiger partial charge >= 0.3 is 0 Å². The first kappa shape index (κ1) is 26.1. The number of rotatable bonds is 11. The average molecular weight is 517 g/mol. The summed E-state index contributed by atoms with van der Waals surface area (Å²) < 4.78 is 12.6. The van der Waals surface area contributed by atoms with Crippen molar-refractivity contribution in [3.8, 4) is 17.2 Å². The molecule has 38 heavy (non-hydrogen) atoms. The maximum Gasteiger partial charge on any atom is 0.249 e. The Morgan fingerprint density at radius 3 is 2.55 bits per heavy atom. The average Bonchev–Trinajstić information content (AvgIpc) is 3.54. The number of likely N-dealkylation sites (N-methyl/N-ethyl adjacent to an activating group) is 1. The molecule has 2 N–H and O–H groups in total. The fourth-order valence-corrected chi connectivity index (χ4v) is 3.21. The van der Waals surface area contributed by atoms with Crippen LogP contribution in [0.3, 0.4) is 0 Å². The largest absolute Gasteiger partial charge is 0.492 e. The van der Waals surface area contributed by atoms with Gasteiger partial charge in [-0.15, -0.1) is 0 Å². The second-order valence-electron chi connectivity index (χ2n) is 8.44. The molecule has 1 aromatic carbocycles. The number of aromatic nitrogens is 5. The summed E-state index contributed by atoms with van der Waals surface area (Å²) in [4.78, 5) is 38.7. The Morgan fingerprint density at radius 1 is 1.08 bits per heavy atom. The summed E-state index contributed by atoms with van der Waals surface area (Å²) in [5, 5.41) is 9.65. The Labute approximate surface area is 219 Å². The van der Waals surface area contributed by atoms with Crippen molar-refractivity contribution in [2.75, 3.05) is 30.8 Å². The lowest BCUT2D eigenvalue weighted by Gasteiger charge is -2.17. The minimum absolute atomic E-state index is 0.0364. The molecule has 12 heteroatoms. The van der Waals surface area contributed by atoms with Crippen LogP contribution < -0.4 is 15.4 Å². The molecular weight excluding hydrogens is 488 g/mol. The minimum Gasteiger partial charge on any atom is -0.492 e. The van der Waals surface area contributed by atoms with E-state index in [0.717, 1.165) is 11.3 Å². The molecule has 2 amide bonds. The predicted octanol–water partition coefficient (Wildman–Crippen LogP) is 3.05. The Bertz CT molecular complexity index is 1390. The number of carbonyl (C=O) groups is 2. The highest BCUT2D eigenvalue weighted by Gasteiger charge is 2.11. The van der Waals surface area contributed by atoms with Crippen LogP contribution in [0, 0.1) is 13.8 Å². The van der Waals surface area contributed by atoms with Crippen LogP contribution in [0.4, 0.5) is 11.6 Å². The Morgan fingerprint density at radius 2 is 1.84 bits per heavy atom. The fourth-order valence-electron chi connectivity index (χ4n) is 3.21. The van der Waals surface area contributed by atoms with Gasteiger partial charge in [0.25, 0.3) is 0 Å². The quantitative estimate of drug-likeness (QED) is 0.288. The molecule has 0 atom stereocenters. The van der Waals surface area contributed by atoms with Gasteiger partial charge < -0.3 is 24.7 Å². The first-order chi connectivity index (χ1) is 18.4. The Balaban J connectivity index is 1.18. The van der Waals surface area contributed by atoms with Crippen molar-refractivity contribution in [1.29, 1.82) is 0 Å². The molecule has 0 aliphatic heterocycles. The lowest BCUT2D eigenvalue weighted by Crippen LogP contribution is -2.33. The number of carbonyl (C=O) groups excluding carboxylic acids is 2. The molecule has 0 radical (unpaired) electrons. The van der Waals surface area contributed by atoms with Crippen LogP contribution >= 0.6 is 0 Å². The first-order valence-electron chi connectivity index (χ1n) is 11.8. The molecule has 0 aliphatic rings. The lowest BCUT2D eigenvalue weighted by molar-refractivity contribution is -0.131. The smallest absolute Gasteiger partial charge is 0.249 e. The minimum atomic E-state index is -0.388.